The van der Waals surface area contributed by atoms with E-state index in [4.69, 9.17) is 4.74 Å². The largest absolute Gasteiger partial charge is 0.378 e. The van der Waals surface area contributed by atoms with E-state index in [1.165, 1.54) is 56.2 Å². The van der Waals surface area contributed by atoms with Crippen LogP contribution in [0, 0.1) is 11.8 Å². The van der Waals surface area contributed by atoms with Crippen LogP contribution in [0.3, 0.4) is 0 Å². The van der Waals surface area contributed by atoms with Gasteiger partial charge in [-0.1, -0.05) is 36.6 Å². The molecule has 0 N–H and O–H groups in total. The summed E-state index contributed by atoms with van der Waals surface area (Å²) >= 11 is 0. The molecule has 2 heteroatoms. The van der Waals surface area contributed by atoms with E-state index in [1.807, 2.05) is 0 Å². The highest BCUT2D eigenvalue weighted by Crippen LogP contribution is 2.51. The second-order valence-corrected chi connectivity index (χ2v) is 7.71. The fourth-order valence-corrected chi connectivity index (χ4v) is 4.87. The van der Waals surface area contributed by atoms with Crippen LogP contribution < -0.4 is 4.90 Å². The summed E-state index contributed by atoms with van der Waals surface area (Å²) in [4.78, 5) is 2.16. The molecule has 0 aromatic heterocycles. The molecule has 1 aliphatic heterocycles. The predicted octanol–water partition coefficient (Wildman–Crippen LogP) is 5.11. The molecule has 1 heterocycles. The van der Waals surface area contributed by atoms with E-state index in [2.05, 4.69) is 49.3 Å². The maximum atomic E-state index is 6.69. The molecule has 2 fully saturated rings. The molecule has 1 saturated carbocycles. The SMILES string of the molecule is CN(C)c1ccc(C2OC3CCCCC3C3=CCCCC32)cc1. The molecule has 1 aromatic carbocycles. The Kier molecular flexibility index (Phi) is 4.19. The van der Waals surface area contributed by atoms with Gasteiger partial charge in [-0.15, -0.1) is 0 Å². The van der Waals surface area contributed by atoms with Gasteiger partial charge in [-0.2, -0.15) is 0 Å². The Morgan fingerprint density at radius 1 is 0.913 bits per heavy atom. The highest BCUT2D eigenvalue weighted by atomic mass is 16.5. The Labute approximate surface area is 140 Å². The van der Waals surface area contributed by atoms with Crippen molar-refractivity contribution in [2.24, 2.45) is 11.8 Å². The zero-order valence-electron chi connectivity index (χ0n) is 14.5. The maximum absolute atomic E-state index is 6.69. The summed E-state index contributed by atoms with van der Waals surface area (Å²) in [6.07, 6.45) is 12.5. The Morgan fingerprint density at radius 3 is 2.43 bits per heavy atom. The standard InChI is InChI=1S/C21H29NO/c1-22(2)16-13-11-15(12-14-16)21-19-9-4-3-7-17(19)18-8-5-6-10-20(18)23-21/h7,11-14,18-21H,3-6,8-10H2,1-2H3. The van der Waals surface area contributed by atoms with Gasteiger partial charge in [0, 0.05) is 31.6 Å². The molecule has 124 valence electrons. The third kappa shape index (κ3) is 2.82. The summed E-state index contributed by atoms with van der Waals surface area (Å²) in [5, 5.41) is 0. The van der Waals surface area contributed by atoms with Crippen molar-refractivity contribution in [2.75, 3.05) is 19.0 Å². The molecule has 2 nitrogen and oxygen atoms in total. The van der Waals surface area contributed by atoms with Crippen molar-refractivity contribution < 1.29 is 4.74 Å². The molecule has 0 radical (unpaired) electrons. The van der Waals surface area contributed by atoms with E-state index in [1.54, 1.807) is 5.57 Å². The van der Waals surface area contributed by atoms with Crippen LogP contribution >= 0.6 is 0 Å². The van der Waals surface area contributed by atoms with Gasteiger partial charge in [-0.25, -0.2) is 0 Å². The highest BCUT2D eigenvalue weighted by molar-refractivity contribution is 5.46. The van der Waals surface area contributed by atoms with E-state index in [0.29, 0.717) is 17.9 Å². The Bertz CT molecular complexity index is 574. The molecule has 3 aliphatic rings. The summed E-state index contributed by atoms with van der Waals surface area (Å²) in [5.41, 5.74) is 4.38. The third-order valence-corrected chi connectivity index (χ3v) is 6.08. The van der Waals surface area contributed by atoms with Crippen LogP contribution in [0.2, 0.25) is 0 Å². The lowest BCUT2D eigenvalue weighted by atomic mass is 9.68. The molecule has 4 rings (SSSR count). The smallest absolute Gasteiger partial charge is 0.0894 e. The molecule has 0 amide bonds. The first-order chi connectivity index (χ1) is 11.2. The molecule has 2 aliphatic carbocycles. The zero-order chi connectivity index (χ0) is 15.8. The quantitative estimate of drug-likeness (QED) is 0.704. The van der Waals surface area contributed by atoms with Crippen LogP contribution in [0.1, 0.15) is 56.6 Å². The van der Waals surface area contributed by atoms with Crippen LogP contribution in [0.15, 0.2) is 35.9 Å². The van der Waals surface area contributed by atoms with Crippen molar-refractivity contribution in [3.8, 4) is 0 Å². The number of ether oxygens (including phenoxy) is 1. The van der Waals surface area contributed by atoms with Crippen LogP contribution in [-0.4, -0.2) is 20.2 Å². The van der Waals surface area contributed by atoms with Gasteiger partial charge in [0.15, 0.2) is 0 Å². The van der Waals surface area contributed by atoms with E-state index in [0.717, 1.165) is 0 Å². The van der Waals surface area contributed by atoms with Crippen LogP contribution in [0.4, 0.5) is 5.69 Å². The van der Waals surface area contributed by atoms with Gasteiger partial charge in [0.1, 0.15) is 0 Å². The van der Waals surface area contributed by atoms with Crippen molar-refractivity contribution >= 4 is 5.69 Å². The second-order valence-electron chi connectivity index (χ2n) is 7.71. The molecular weight excluding hydrogens is 282 g/mol. The highest BCUT2D eigenvalue weighted by Gasteiger charge is 2.43. The van der Waals surface area contributed by atoms with Gasteiger partial charge >= 0.3 is 0 Å². The normalized spacial score (nSPS) is 33.4. The first-order valence-corrected chi connectivity index (χ1v) is 9.37. The lowest BCUT2D eigenvalue weighted by molar-refractivity contribution is -0.106. The van der Waals surface area contributed by atoms with Crippen LogP contribution in [0.5, 0.6) is 0 Å². The van der Waals surface area contributed by atoms with Crippen molar-refractivity contribution in [3.05, 3.63) is 41.5 Å². The summed E-state index contributed by atoms with van der Waals surface area (Å²) in [7, 11) is 4.20. The minimum Gasteiger partial charge on any atom is -0.378 e. The van der Waals surface area contributed by atoms with Crippen molar-refractivity contribution in [3.63, 3.8) is 0 Å². The fraction of sp³-hybridized carbons (Fsp3) is 0.619. The van der Waals surface area contributed by atoms with Crippen LogP contribution in [0.25, 0.3) is 0 Å². The summed E-state index contributed by atoms with van der Waals surface area (Å²) in [6.45, 7) is 0. The average Bonchev–Trinajstić information content (AvgIpc) is 2.61. The lowest BCUT2D eigenvalue weighted by Crippen LogP contribution is -2.41. The number of rotatable bonds is 2. The van der Waals surface area contributed by atoms with Gasteiger partial charge in [-0.3, -0.25) is 0 Å². The van der Waals surface area contributed by atoms with E-state index >= 15 is 0 Å². The first-order valence-electron chi connectivity index (χ1n) is 9.37. The first kappa shape index (κ1) is 15.3. The number of nitrogens with zero attached hydrogens (tertiary/aromatic N) is 1. The average molecular weight is 311 g/mol. The van der Waals surface area contributed by atoms with Crippen molar-refractivity contribution in [2.45, 2.75) is 57.2 Å². The molecule has 1 aromatic rings. The summed E-state index contributed by atoms with van der Waals surface area (Å²) in [5.74, 6) is 1.33. The number of benzene rings is 1. The summed E-state index contributed by atoms with van der Waals surface area (Å²) in [6, 6.07) is 9.04. The Hall–Kier alpha value is -1.28. The molecule has 23 heavy (non-hydrogen) atoms. The molecule has 4 atom stereocenters. The molecule has 0 spiro atoms. The van der Waals surface area contributed by atoms with E-state index in [-0.39, 0.29) is 6.10 Å². The number of fused-ring (bicyclic) bond motifs is 3. The molecular formula is C21H29NO. The van der Waals surface area contributed by atoms with E-state index < -0.39 is 0 Å². The zero-order valence-corrected chi connectivity index (χ0v) is 14.5. The van der Waals surface area contributed by atoms with Gasteiger partial charge in [0.25, 0.3) is 0 Å². The lowest BCUT2D eigenvalue weighted by Gasteiger charge is -2.47. The van der Waals surface area contributed by atoms with Gasteiger partial charge in [-0.05, 0) is 49.8 Å². The maximum Gasteiger partial charge on any atom is 0.0894 e. The Balaban J connectivity index is 1.64. The predicted molar refractivity (Wildman–Crippen MR) is 95.8 cm³/mol. The topological polar surface area (TPSA) is 12.5 Å². The monoisotopic (exact) mass is 311 g/mol. The minimum atomic E-state index is 0.275. The summed E-state index contributed by atoms with van der Waals surface area (Å²) < 4.78 is 6.69. The number of anilines is 1. The Morgan fingerprint density at radius 2 is 1.65 bits per heavy atom. The molecule has 4 unspecified atom stereocenters. The van der Waals surface area contributed by atoms with Gasteiger partial charge in [0.05, 0.1) is 12.2 Å². The second kappa shape index (κ2) is 6.32. The van der Waals surface area contributed by atoms with E-state index in [9.17, 15) is 0 Å². The van der Waals surface area contributed by atoms with Crippen LogP contribution in [-0.2, 0) is 4.74 Å². The minimum absolute atomic E-state index is 0.275. The van der Waals surface area contributed by atoms with Gasteiger partial charge in [0.2, 0.25) is 0 Å². The van der Waals surface area contributed by atoms with Crippen molar-refractivity contribution in [1.29, 1.82) is 0 Å². The molecule has 0 bridgehead atoms. The number of hydrogen-bond acceptors (Lipinski definition) is 2. The van der Waals surface area contributed by atoms with Crippen molar-refractivity contribution in [1.82, 2.24) is 0 Å². The third-order valence-electron chi connectivity index (χ3n) is 6.08. The molecule has 1 saturated heterocycles. The number of hydrogen-bond donors (Lipinski definition) is 0. The fourth-order valence-electron chi connectivity index (χ4n) is 4.87. The number of allylic oxidation sites excluding steroid dienone is 1. The van der Waals surface area contributed by atoms with Gasteiger partial charge < -0.3 is 9.64 Å².